The van der Waals surface area contributed by atoms with Gasteiger partial charge in [-0.2, -0.15) is 0 Å². The Morgan fingerprint density at radius 3 is 2.67 bits per heavy atom. The molecule has 0 radical (unpaired) electrons. The summed E-state index contributed by atoms with van der Waals surface area (Å²) in [6, 6.07) is 14.3. The van der Waals surface area contributed by atoms with Gasteiger partial charge in [0, 0.05) is 25.3 Å². The SMILES string of the molecule is CN(C)C(C(=O)NCCCN1CCCc2ccccc21)c1ccc(F)cc1. The number of hydrogen-bond acceptors (Lipinski definition) is 3. The molecule has 1 amide bonds. The van der Waals surface area contributed by atoms with Crippen LogP contribution in [0.1, 0.15) is 30.0 Å². The fraction of sp³-hybridized carbons (Fsp3) is 0.409. The average molecular weight is 369 g/mol. The normalized spacial score (nSPS) is 14.7. The van der Waals surface area contributed by atoms with Crippen LogP contribution in [0.2, 0.25) is 0 Å². The quantitative estimate of drug-likeness (QED) is 0.760. The van der Waals surface area contributed by atoms with Crippen LogP contribution in [0, 0.1) is 5.82 Å². The summed E-state index contributed by atoms with van der Waals surface area (Å²) in [5, 5.41) is 3.04. The highest BCUT2D eigenvalue weighted by Gasteiger charge is 2.22. The summed E-state index contributed by atoms with van der Waals surface area (Å²) in [5.74, 6) is -0.343. The number of halogens is 1. The van der Waals surface area contributed by atoms with Gasteiger partial charge in [-0.05, 0) is 62.7 Å². The number of rotatable bonds is 7. The van der Waals surface area contributed by atoms with Crippen molar-refractivity contribution in [2.45, 2.75) is 25.3 Å². The molecule has 0 bridgehead atoms. The molecule has 0 saturated carbocycles. The van der Waals surface area contributed by atoms with Gasteiger partial charge in [0.1, 0.15) is 11.9 Å². The zero-order chi connectivity index (χ0) is 19.2. The summed E-state index contributed by atoms with van der Waals surface area (Å²) >= 11 is 0. The number of benzene rings is 2. The molecule has 2 aromatic carbocycles. The van der Waals surface area contributed by atoms with E-state index in [-0.39, 0.29) is 11.7 Å². The molecule has 2 aromatic rings. The lowest BCUT2D eigenvalue weighted by atomic mass is 10.0. The van der Waals surface area contributed by atoms with Gasteiger partial charge < -0.3 is 10.2 Å². The van der Waals surface area contributed by atoms with Crippen molar-refractivity contribution >= 4 is 11.6 Å². The molecule has 1 N–H and O–H groups in total. The second-order valence-electron chi connectivity index (χ2n) is 7.28. The van der Waals surface area contributed by atoms with E-state index < -0.39 is 6.04 Å². The fourth-order valence-electron chi connectivity index (χ4n) is 3.75. The second-order valence-corrected chi connectivity index (χ2v) is 7.28. The van der Waals surface area contributed by atoms with E-state index in [1.807, 2.05) is 19.0 Å². The Labute approximate surface area is 161 Å². The molecule has 1 atom stereocenters. The van der Waals surface area contributed by atoms with Gasteiger partial charge in [0.05, 0.1) is 0 Å². The first-order valence-corrected chi connectivity index (χ1v) is 9.58. The van der Waals surface area contributed by atoms with Crippen LogP contribution >= 0.6 is 0 Å². The van der Waals surface area contributed by atoms with Gasteiger partial charge in [0.25, 0.3) is 0 Å². The standard InChI is InChI=1S/C22H28FN3O/c1-25(2)21(18-10-12-19(23)13-11-18)22(27)24-14-6-16-26-15-5-8-17-7-3-4-9-20(17)26/h3-4,7,9-13,21H,5-6,8,14-16H2,1-2H3,(H,24,27). The Balaban J connectivity index is 1.52. The van der Waals surface area contributed by atoms with Crippen molar-refractivity contribution in [3.63, 3.8) is 0 Å². The Morgan fingerprint density at radius 2 is 1.93 bits per heavy atom. The Morgan fingerprint density at radius 1 is 1.19 bits per heavy atom. The maximum atomic E-state index is 13.2. The van der Waals surface area contributed by atoms with E-state index in [4.69, 9.17) is 0 Å². The van der Waals surface area contributed by atoms with E-state index in [1.165, 1.54) is 29.8 Å². The van der Waals surface area contributed by atoms with Crippen LogP contribution < -0.4 is 10.2 Å². The molecule has 1 aliphatic rings. The Hall–Kier alpha value is -2.40. The van der Waals surface area contributed by atoms with Gasteiger partial charge in [-0.25, -0.2) is 4.39 Å². The van der Waals surface area contributed by atoms with Crippen LogP contribution in [0.5, 0.6) is 0 Å². The van der Waals surface area contributed by atoms with Gasteiger partial charge in [-0.3, -0.25) is 9.69 Å². The number of fused-ring (bicyclic) bond motifs is 1. The van der Waals surface area contributed by atoms with E-state index in [9.17, 15) is 9.18 Å². The summed E-state index contributed by atoms with van der Waals surface area (Å²) in [5.41, 5.74) is 3.54. The van der Waals surface area contributed by atoms with Crippen molar-refractivity contribution in [1.82, 2.24) is 10.2 Å². The van der Waals surface area contributed by atoms with Gasteiger partial charge in [-0.1, -0.05) is 30.3 Å². The minimum atomic E-state index is -0.415. The zero-order valence-corrected chi connectivity index (χ0v) is 16.1. The topological polar surface area (TPSA) is 35.6 Å². The Kier molecular flexibility index (Phi) is 6.45. The van der Waals surface area contributed by atoms with Crippen LogP contribution in [0.3, 0.4) is 0 Å². The number of likely N-dealkylation sites (N-methyl/N-ethyl adjacent to an activating group) is 1. The number of nitrogens with one attached hydrogen (secondary N) is 1. The third-order valence-corrected chi connectivity index (χ3v) is 5.06. The lowest BCUT2D eigenvalue weighted by Gasteiger charge is -2.31. The smallest absolute Gasteiger partial charge is 0.241 e. The molecular weight excluding hydrogens is 341 g/mol. The number of carbonyl (C=O) groups excluding carboxylic acids is 1. The molecule has 1 aliphatic heterocycles. The summed E-state index contributed by atoms with van der Waals surface area (Å²) in [7, 11) is 3.72. The highest BCUT2D eigenvalue weighted by molar-refractivity contribution is 5.83. The first-order valence-electron chi connectivity index (χ1n) is 9.58. The predicted molar refractivity (Wildman–Crippen MR) is 107 cm³/mol. The molecular formula is C22H28FN3O. The first kappa shape index (κ1) is 19.4. The highest BCUT2D eigenvalue weighted by Crippen LogP contribution is 2.26. The number of aryl methyl sites for hydroxylation is 1. The van der Waals surface area contributed by atoms with Crippen molar-refractivity contribution in [2.75, 3.05) is 38.6 Å². The van der Waals surface area contributed by atoms with Crippen LogP contribution in [-0.4, -0.2) is 44.5 Å². The van der Waals surface area contributed by atoms with E-state index in [0.717, 1.165) is 31.5 Å². The van der Waals surface area contributed by atoms with Crippen molar-refractivity contribution in [2.24, 2.45) is 0 Å². The predicted octanol–water partition coefficient (Wildman–Crippen LogP) is 3.39. The number of hydrogen-bond donors (Lipinski definition) is 1. The summed E-state index contributed by atoms with van der Waals surface area (Å²) in [4.78, 5) is 16.9. The molecule has 0 aromatic heterocycles. The maximum absolute atomic E-state index is 13.2. The maximum Gasteiger partial charge on any atom is 0.241 e. The lowest BCUT2D eigenvalue weighted by molar-refractivity contribution is -0.125. The molecule has 4 nitrogen and oxygen atoms in total. The summed E-state index contributed by atoms with van der Waals surface area (Å²) in [6.45, 7) is 2.63. The van der Waals surface area contributed by atoms with Gasteiger partial charge >= 0.3 is 0 Å². The molecule has 0 saturated heterocycles. The molecule has 144 valence electrons. The van der Waals surface area contributed by atoms with Crippen molar-refractivity contribution in [1.29, 1.82) is 0 Å². The largest absolute Gasteiger partial charge is 0.371 e. The van der Waals surface area contributed by atoms with Crippen molar-refractivity contribution in [3.05, 3.63) is 65.5 Å². The molecule has 5 heteroatoms. The zero-order valence-electron chi connectivity index (χ0n) is 16.1. The number of carbonyl (C=O) groups is 1. The van der Waals surface area contributed by atoms with Gasteiger partial charge in [0.15, 0.2) is 0 Å². The van der Waals surface area contributed by atoms with E-state index in [1.54, 1.807) is 12.1 Å². The van der Waals surface area contributed by atoms with Crippen molar-refractivity contribution < 1.29 is 9.18 Å². The van der Waals surface area contributed by atoms with Crippen molar-refractivity contribution in [3.8, 4) is 0 Å². The molecule has 1 unspecified atom stereocenters. The highest BCUT2D eigenvalue weighted by atomic mass is 19.1. The third kappa shape index (κ3) is 4.86. The monoisotopic (exact) mass is 369 g/mol. The number of nitrogens with zero attached hydrogens (tertiary/aromatic N) is 2. The van der Waals surface area contributed by atoms with Gasteiger partial charge in [-0.15, -0.1) is 0 Å². The van der Waals surface area contributed by atoms with Crippen LogP contribution in [-0.2, 0) is 11.2 Å². The molecule has 27 heavy (non-hydrogen) atoms. The summed E-state index contributed by atoms with van der Waals surface area (Å²) in [6.07, 6.45) is 3.21. The lowest BCUT2D eigenvalue weighted by Crippen LogP contribution is -2.38. The summed E-state index contributed by atoms with van der Waals surface area (Å²) < 4.78 is 13.2. The minimum absolute atomic E-state index is 0.0503. The van der Waals surface area contributed by atoms with Crippen LogP contribution in [0.25, 0.3) is 0 Å². The van der Waals surface area contributed by atoms with E-state index >= 15 is 0 Å². The number of amides is 1. The van der Waals surface area contributed by atoms with Crippen LogP contribution in [0.15, 0.2) is 48.5 Å². The molecule has 0 spiro atoms. The van der Waals surface area contributed by atoms with E-state index in [2.05, 4.69) is 34.5 Å². The Bertz CT molecular complexity index is 760. The molecule has 3 rings (SSSR count). The molecule has 0 aliphatic carbocycles. The molecule has 1 heterocycles. The third-order valence-electron chi connectivity index (χ3n) is 5.06. The molecule has 0 fully saturated rings. The second kappa shape index (κ2) is 9.00. The van der Waals surface area contributed by atoms with E-state index in [0.29, 0.717) is 6.54 Å². The first-order chi connectivity index (χ1) is 13.1. The average Bonchev–Trinajstić information content (AvgIpc) is 2.67. The number of anilines is 1. The minimum Gasteiger partial charge on any atom is -0.371 e. The van der Waals surface area contributed by atoms with Crippen LogP contribution in [0.4, 0.5) is 10.1 Å². The number of para-hydroxylation sites is 1. The van der Waals surface area contributed by atoms with Gasteiger partial charge in [0.2, 0.25) is 5.91 Å². The fourth-order valence-corrected chi connectivity index (χ4v) is 3.75.